The van der Waals surface area contributed by atoms with Crippen molar-refractivity contribution in [1.29, 1.82) is 0 Å². The highest BCUT2D eigenvalue weighted by atomic mass is 35.5. The molecule has 0 N–H and O–H groups in total. The Labute approximate surface area is 221 Å². The summed E-state index contributed by atoms with van der Waals surface area (Å²) in [7, 11) is -2.32. The number of fused-ring (bicyclic) bond motifs is 1. The summed E-state index contributed by atoms with van der Waals surface area (Å²) in [4.78, 5) is 16.7. The van der Waals surface area contributed by atoms with Gasteiger partial charge in [0.1, 0.15) is 6.61 Å². The second-order valence-corrected chi connectivity index (χ2v) is 12.0. The van der Waals surface area contributed by atoms with Crippen LogP contribution in [0.15, 0.2) is 64.9 Å². The molecule has 0 unspecified atom stereocenters. The van der Waals surface area contributed by atoms with E-state index >= 15 is 0 Å². The second-order valence-electron chi connectivity index (χ2n) is 8.71. The zero-order valence-electron chi connectivity index (χ0n) is 20.4. The van der Waals surface area contributed by atoms with Gasteiger partial charge in [0.2, 0.25) is 15.9 Å². The molecule has 1 atom stereocenters. The monoisotopic (exact) mass is 548 g/mol. The van der Waals surface area contributed by atoms with E-state index in [1.54, 1.807) is 37.2 Å². The molecule has 0 aliphatic carbocycles. The molecular formula is C26H29ClN2O5S2. The van der Waals surface area contributed by atoms with Crippen molar-refractivity contribution in [2.24, 2.45) is 0 Å². The lowest BCUT2D eigenvalue weighted by Crippen LogP contribution is -2.49. The normalized spacial score (nSPS) is 15.7. The lowest BCUT2D eigenvalue weighted by molar-refractivity contribution is -0.135. The number of carbonyl (C=O) groups excluding carboxylic acids is 1. The predicted octanol–water partition coefficient (Wildman–Crippen LogP) is 5.01. The number of para-hydroxylation sites is 2. The fourth-order valence-corrected chi connectivity index (χ4v) is 6.93. The summed E-state index contributed by atoms with van der Waals surface area (Å²) in [6.45, 7) is 3.96. The first-order valence-corrected chi connectivity index (χ1v) is 14.3. The molecule has 2 aromatic carbocycles. The van der Waals surface area contributed by atoms with E-state index in [0.29, 0.717) is 23.1 Å². The van der Waals surface area contributed by atoms with Gasteiger partial charge in [-0.05, 0) is 73.7 Å². The fraction of sp³-hybridized carbons (Fsp3) is 0.346. The molecule has 0 bridgehead atoms. The highest BCUT2D eigenvalue weighted by Crippen LogP contribution is 2.35. The molecule has 1 aliphatic rings. The number of thiophene rings is 1. The number of rotatable bonds is 9. The maximum atomic E-state index is 13.6. The molecule has 192 valence electrons. The Morgan fingerprint density at radius 3 is 2.50 bits per heavy atom. The molecule has 0 radical (unpaired) electrons. The van der Waals surface area contributed by atoms with E-state index in [0.717, 1.165) is 12.0 Å². The lowest BCUT2D eigenvalue weighted by Gasteiger charge is -2.37. The SMILES string of the molecule is COc1ccccc1OC[C@@H]1c2ccsc2CCN1C(=O)CN(C(C)C)S(=O)(=O)c1ccc(Cl)cc1. The van der Waals surface area contributed by atoms with Crippen molar-refractivity contribution in [3.63, 3.8) is 0 Å². The third-order valence-electron chi connectivity index (χ3n) is 6.17. The van der Waals surface area contributed by atoms with Crippen LogP contribution in [0.3, 0.4) is 0 Å². The van der Waals surface area contributed by atoms with Gasteiger partial charge in [-0.25, -0.2) is 8.42 Å². The van der Waals surface area contributed by atoms with Crippen molar-refractivity contribution in [2.45, 2.75) is 37.2 Å². The Morgan fingerprint density at radius 1 is 1.14 bits per heavy atom. The summed E-state index contributed by atoms with van der Waals surface area (Å²) in [6, 6.07) is 14.6. The van der Waals surface area contributed by atoms with Crippen LogP contribution in [0, 0.1) is 0 Å². The molecule has 4 rings (SSSR count). The molecule has 1 amide bonds. The average molecular weight is 549 g/mol. The second kappa shape index (κ2) is 11.2. The van der Waals surface area contributed by atoms with Crippen molar-refractivity contribution in [3.05, 3.63) is 75.4 Å². The van der Waals surface area contributed by atoms with Crippen molar-refractivity contribution in [3.8, 4) is 11.5 Å². The number of halogens is 1. The predicted molar refractivity (Wildman–Crippen MR) is 141 cm³/mol. The maximum absolute atomic E-state index is 13.6. The number of methoxy groups -OCH3 is 1. The number of benzene rings is 2. The Balaban J connectivity index is 1.58. The summed E-state index contributed by atoms with van der Waals surface area (Å²) in [6.07, 6.45) is 0.718. The quantitative estimate of drug-likeness (QED) is 0.375. The summed E-state index contributed by atoms with van der Waals surface area (Å²) < 4.78 is 39.5. The van der Waals surface area contributed by atoms with Gasteiger partial charge in [-0.15, -0.1) is 11.3 Å². The lowest BCUT2D eigenvalue weighted by atomic mass is 10.0. The largest absolute Gasteiger partial charge is 0.493 e. The molecule has 0 saturated heterocycles. The molecule has 2 heterocycles. The van der Waals surface area contributed by atoms with Gasteiger partial charge in [-0.1, -0.05) is 23.7 Å². The van der Waals surface area contributed by atoms with Gasteiger partial charge >= 0.3 is 0 Å². The highest BCUT2D eigenvalue weighted by molar-refractivity contribution is 7.89. The minimum Gasteiger partial charge on any atom is -0.493 e. The van der Waals surface area contributed by atoms with Crippen LogP contribution in [-0.4, -0.2) is 56.4 Å². The summed E-state index contributed by atoms with van der Waals surface area (Å²) in [5.41, 5.74) is 1.03. The molecule has 3 aromatic rings. The Hall–Kier alpha value is -2.59. The van der Waals surface area contributed by atoms with Gasteiger partial charge in [-0.2, -0.15) is 4.31 Å². The fourth-order valence-electron chi connectivity index (χ4n) is 4.29. The van der Waals surface area contributed by atoms with Gasteiger partial charge in [0, 0.05) is 22.5 Å². The first-order valence-electron chi connectivity index (χ1n) is 11.6. The smallest absolute Gasteiger partial charge is 0.243 e. The number of carbonyl (C=O) groups is 1. The number of hydrogen-bond acceptors (Lipinski definition) is 6. The number of hydrogen-bond donors (Lipinski definition) is 0. The van der Waals surface area contributed by atoms with Gasteiger partial charge in [0.05, 0.1) is 24.6 Å². The molecule has 0 saturated carbocycles. The van der Waals surface area contributed by atoms with E-state index in [1.807, 2.05) is 35.7 Å². The van der Waals surface area contributed by atoms with Gasteiger partial charge in [-0.3, -0.25) is 4.79 Å². The zero-order valence-corrected chi connectivity index (χ0v) is 22.8. The Bertz CT molecular complexity index is 1310. The molecule has 1 aromatic heterocycles. The molecular weight excluding hydrogens is 520 g/mol. The Kier molecular flexibility index (Phi) is 8.24. The van der Waals surface area contributed by atoms with Crippen LogP contribution in [0.4, 0.5) is 0 Å². The van der Waals surface area contributed by atoms with Gasteiger partial charge in [0.15, 0.2) is 11.5 Å². The van der Waals surface area contributed by atoms with Crippen molar-refractivity contribution >= 4 is 38.9 Å². The van der Waals surface area contributed by atoms with E-state index in [1.165, 1.54) is 33.4 Å². The first-order chi connectivity index (χ1) is 17.2. The maximum Gasteiger partial charge on any atom is 0.243 e. The Morgan fingerprint density at radius 2 is 1.83 bits per heavy atom. The highest BCUT2D eigenvalue weighted by Gasteiger charge is 2.36. The first kappa shape index (κ1) is 26.5. The van der Waals surface area contributed by atoms with E-state index in [4.69, 9.17) is 21.1 Å². The molecule has 7 nitrogen and oxygen atoms in total. The molecule has 0 spiro atoms. The van der Waals surface area contributed by atoms with E-state index in [2.05, 4.69) is 0 Å². The summed E-state index contributed by atoms with van der Waals surface area (Å²) in [5.74, 6) is 0.923. The molecule has 0 fully saturated rings. The van der Waals surface area contributed by atoms with Crippen LogP contribution in [0.25, 0.3) is 0 Å². The minimum atomic E-state index is -3.90. The number of sulfonamides is 1. The topological polar surface area (TPSA) is 76.2 Å². The van der Waals surface area contributed by atoms with Crippen LogP contribution < -0.4 is 9.47 Å². The zero-order chi connectivity index (χ0) is 25.9. The van der Waals surface area contributed by atoms with Crippen molar-refractivity contribution in [1.82, 2.24) is 9.21 Å². The summed E-state index contributed by atoms with van der Waals surface area (Å²) in [5, 5.41) is 2.46. The van der Waals surface area contributed by atoms with Gasteiger partial charge in [0.25, 0.3) is 0 Å². The van der Waals surface area contributed by atoms with Crippen LogP contribution in [-0.2, 0) is 21.2 Å². The van der Waals surface area contributed by atoms with Crippen LogP contribution >= 0.6 is 22.9 Å². The van der Waals surface area contributed by atoms with Crippen molar-refractivity contribution < 1.29 is 22.7 Å². The average Bonchev–Trinajstić information content (AvgIpc) is 3.35. The van der Waals surface area contributed by atoms with Crippen LogP contribution in [0.5, 0.6) is 11.5 Å². The number of ether oxygens (including phenoxy) is 2. The van der Waals surface area contributed by atoms with Crippen LogP contribution in [0.2, 0.25) is 5.02 Å². The third-order valence-corrected chi connectivity index (χ3v) is 9.45. The van der Waals surface area contributed by atoms with Crippen molar-refractivity contribution in [2.75, 3.05) is 26.8 Å². The molecule has 10 heteroatoms. The number of amides is 1. The van der Waals surface area contributed by atoms with E-state index in [9.17, 15) is 13.2 Å². The minimum absolute atomic E-state index is 0.100. The van der Waals surface area contributed by atoms with E-state index < -0.39 is 16.1 Å². The van der Waals surface area contributed by atoms with Crippen LogP contribution in [0.1, 0.15) is 30.3 Å². The number of nitrogens with zero attached hydrogens (tertiary/aromatic N) is 2. The standard InChI is InChI=1S/C26H29ClN2O5S2/c1-18(2)29(36(31,32)20-10-8-19(27)9-11-20)16-26(30)28-14-12-25-21(13-15-35-25)22(28)17-34-24-7-5-4-6-23(24)33-3/h4-11,13,15,18,22H,12,14,16-17H2,1-3H3/t22-/m1/s1. The van der Waals surface area contributed by atoms with E-state index in [-0.39, 0.29) is 30.0 Å². The third kappa shape index (κ3) is 5.54. The summed E-state index contributed by atoms with van der Waals surface area (Å²) >= 11 is 7.60. The van der Waals surface area contributed by atoms with Gasteiger partial charge < -0.3 is 14.4 Å². The molecule has 36 heavy (non-hydrogen) atoms. The molecule has 1 aliphatic heterocycles.